The van der Waals surface area contributed by atoms with E-state index in [1.54, 1.807) is 0 Å². The summed E-state index contributed by atoms with van der Waals surface area (Å²) in [4.78, 5) is 14.4. The fourth-order valence-electron chi connectivity index (χ4n) is 3.01. The maximum atomic E-state index is 12.5. The van der Waals surface area contributed by atoms with Gasteiger partial charge in [-0.25, -0.2) is 0 Å². The molecule has 22 heavy (non-hydrogen) atoms. The van der Waals surface area contributed by atoms with Crippen molar-refractivity contribution in [1.82, 2.24) is 10.2 Å². The Labute approximate surface area is 137 Å². The minimum absolute atomic E-state index is 0. The summed E-state index contributed by atoms with van der Waals surface area (Å²) in [5.74, 6) is 1.68. The van der Waals surface area contributed by atoms with Crippen molar-refractivity contribution < 1.29 is 14.3 Å². The van der Waals surface area contributed by atoms with Crippen LogP contribution in [0.25, 0.3) is 0 Å². The van der Waals surface area contributed by atoms with Gasteiger partial charge in [-0.15, -0.1) is 12.4 Å². The van der Waals surface area contributed by atoms with Crippen LogP contribution in [0.3, 0.4) is 0 Å². The molecular formula is C16H23ClN2O3. The van der Waals surface area contributed by atoms with Crippen molar-refractivity contribution in [1.29, 1.82) is 0 Å². The Kier molecular flexibility index (Phi) is 5.53. The van der Waals surface area contributed by atoms with Gasteiger partial charge in [0.2, 0.25) is 5.91 Å². The largest absolute Gasteiger partial charge is 0.486 e. The molecule has 0 radical (unpaired) electrons. The number of carbonyl (C=O) groups is 1. The van der Waals surface area contributed by atoms with E-state index < -0.39 is 0 Å². The summed E-state index contributed by atoms with van der Waals surface area (Å²) in [7, 11) is 0. The Morgan fingerprint density at radius 2 is 1.82 bits per heavy atom. The number of benzene rings is 1. The zero-order valence-electron chi connectivity index (χ0n) is 13.0. The molecule has 2 heterocycles. The number of nitrogens with one attached hydrogen (secondary N) is 1. The van der Waals surface area contributed by atoms with E-state index in [1.807, 2.05) is 23.1 Å². The van der Waals surface area contributed by atoms with Crippen LogP contribution in [-0.2, 0) is 11.2 Å². The lowest BCUT2D eigenvalue weighted by Crippen LogP contribution is -2.56. The SMILES string of the molecule is CC1CN(C(=O)Cc2ccc3c(c2)OCCO3)CC(C)N1.Cl. The molecule has 1 N–H and O–H groups in total. The van der Waals surface area contributed by atoms with Gasteiger partial charge < -0.3 is 19.7 Å². The highest BCUT2D eigenvalue weighted by Gasteiger charge is 2.25. The number of ether oxygens (including phenoxy) is 2. The van der Waals surface area contributed by atoms with E-state index in [-0.39, 0.29) is 18.3 Å². The van der Waals surface area contributed by atoms with E-state index >= 15 is 0 Å². The predicted octanol–water partition coefficient (Wildman–Crippen LogP) is 1.63. The lowest BCUT2D eigenvalue weighted by molar-refractivity contribution is -0.132. The quantitative estimate of drug-likeness (QED) is 0.897. The molecule has 122 valence electrons. The Balaban J connectivity index is 0.00000176. The van der Waals surface area contributed by atoms with Gasteiger partial charge >= 0.3 is 0 Å². The molecule has 3 rings (SSSR count). The van der Waals surface area contributed by atoms with Crippen LogP contribution in [0, 0.1) is 0 Å². The number of carbonyl (C=O) groups excluding carboxylic acids is 1. The summed E-state index contributed by atoms with van der Waals surface area (Å²) in [6, 6.07) is 6.44. The molecule has 0 aromatic heterocycles. The van der Waals surface area contributed by atoms with Crippen LogP contribution >= 0.6 is 12.4 Å². The van der Waals surface area contributed by atoms with Gasteiger partial charge in [-0.05, 0) is 31.5 Å². The van der Waals surface area contributed by atoms with Crippen molar-refractivity contribution >= 4 is 18.3 Å². The predicted molar refractivity (Wildman–Crippen MR) is 87.0 cm³/mol. The molecular weight excluding hydrogens is 304 g/mol. The number of amides is 1. The second-order valence-electron chi connectivity index (χ2n) is 5.92. The van der Waals surface area contributed by atoms with Gasteiger partial charge in [0, 0.05) is 25.2 Å². The van der Waals surface area contributed by atoms with Crippen LogP contribution in [0.5, 0.6) is 11.5 Å². The second-order valence-corrected chi connectivity index (χ2v) is 5.92. The Morgan fingerprint density at radius 1 is 1.18 bits per heavy atom. The monoisotopic (exact) mass is 326 g/mol. The van der Waals surface area contributed by atoms with Crippen molar-refractivity contribution in [3.63, 3.8) is 0 Å². The molecule has 0 saturated carbocycles. The molecule has 2 aliphatic heterocycles. The van der Waals surface area contributed by atoms with Crippen molar-refractivity contribution in [3.8, 4) is 11.5 Å². The third-order valence-corrected chi connectivity index (χ3v) is 3.87. The van der Waals surface area contributed by atoms with E-state index in [9.17, 15) is 4.79 Å². The van der Waals surface area contributed by atoms with Gasteiger partial charge in [-0.3, -0.25) is 4.79 Å². The molecule has 1 saturated heterocycles. The van der Waals surface area contributed by atoms with Crippen molar-refractivity contribution in [2.45, 2.75) is 32.4 Å². The summed E-state index contributed by atoms with van der Waals surface area (Å²) in [6.07, 6.45) is 0.413. The lowest BCUT2D eigenvalue weighted by atomic mass is 10.1. The van der Waals surface area contributed by atoms with E-state index in [0.29, 0.717) is 31.7 Å². The molecule has 2 atom stereocenters. The summed E-state index contributed by atoms with van der Waals surface area (Å²) in [5.41, 5.74) is 0.975. The molecule has 2 unspecified atom stereocenters. The first-order chi connectivity index (χ1) is 10.1. The maximum Gasteiger partial charge on any atom is 0.227 e. The van der Waals surface area contributed by atoms with Crippen LogP contribution in [0.4, 0.5) is 0 Å². The third-order valence-electron chi connectivity index (χ3n) is 3.87. The first-order valence-electron chi connectivity index (χ1n) is 7.54. The van der Waals surface area contributed by atoms with Gasteiger partial charge in [0.25, 0.3) is 0 Å². The number of halogens is 1. The lowest BCUT2D eigenvalue weighted by Gasteiger charge is -2.36. The van der Waals surface area contributed by atoms with Crippen molar-refractivity contribution in [2.24, 2.45) is 0 Å². The van der Waals surface area contributed by atoms with E-state index in [4.69, 9.17) is 9.47 Å². The van der Waals surface area contributed by atoms with Crippen LogP contribution in [0.2, 0.25) is 0 Å². The molecule has 1 aromatic carbocycles. The molecule has 0 bridgehead atoms. The average molecular weight is 327 g/mol. The summed E-state index contributed by atoms with van der Waals surface area (Å²) < 4.78 is 11.1. The van der Waals surface area contributed by atoms with Gasteiger partial charge in [-0.1, -0.05) is 6.07 Å². The molecule has 1 amide bonds. The molecule has 5 nitrogen and oxygen atoms in total. The zero-order chi connectivity index (χ0) is 14.8. The van der Waals surface area contributed by atoms with Crippen LogP contribution in [0.15, 0.2) is 18.2 Å². The van der Waals surface area contributed by atoms with E-state index in [1.165, 1.54) is 0 Å². The van der Waals surface area contributed by atoms with Crippen LogP contribution in [0.1, 0.15) is 19.4 Å². The van der Waals surface area contributed by atoms with Gasteiger partial charge in [0.15, 0.2) is 11.5 Å². The normalized spacial score (nSPS) is 23.6. The first-order valence-corrected chi connectivity index (χ1v) is 7.54. The summed E-state index contributed by atoms with van der Waals surface area (Å²) >= 11 is 0. The molecule has 1 fully saturated rings. The van der Waals surface area contributed by atoms with Crippen molar-refractivity contribution in [2.75, 3.05) is 26.3 Å². The molecule has 0 spiro atoms. The summed E-state index contributed by atoms with van der Waals surface area (Å²) in [5, 5.41) is 3.44. The number of fused-ring (bicyclic) bond motifs is 1. The molecule has 2 aliphatic rings. The maximum absolute atomic E-state index is 12.5. The Bertz CT molecular complexity index is 528. The van der Waals surface area contributed by atoms with E-state index in [2.05, 4.69) is 19.2 Å². The fourth-order valence-corrected chi connectivity index (χ4v) is 3.01. The Hall–Kier alpha value is -1.46. The first kappa shape index (κ1) is 16.9. The van der Waals surface area contributed by atoms with Gasteiger partial charge in [0.1, 0.15) is 13.2 Å². The number of nitrogens with zero attached hydrogens (tertiary/aromatic N) is 1. The molecule has 0 aliphatic carbocycles. The standard InChI is InChI=1S/C16H22N2O3.ClH/c1-11-9-18(10-12(2)17-11)16(19)8-13-3-4-14-15(7-13)21-6-5-20-14;/h3-4,7,11-12,17H,5-6,8-10H2,1-2H3;1H. The van der Waals surface area contributed by atoms with Crippen LogP contribution in [-0.4, -0.2) is 49.2 Å². The van der Waals surface area contributed by atoms with Gasteiger partial charge in [-0.2, -0.15) is 0 Å². The highest BCUT2D eigenvalue weighted by molar-refractivity contribution is 5.85. The molecule has 6 heteroatoms. The average Bonchev–Trinajstić information content (AvgIpc) is 2.46. The highest BCUT2D eigenvalue weighted by Crippen LogP contribution is 2.31. The number of rotatable bonds is 2. The molecule has 1 aromatic rings. The van der Waals surface area contributed by atoms with Gasteiger partial charge in [0.05, 0.1) is 6.42 Å². The summed E-state index contributed by atoms with van der Waals surface area (Å²) in [6.45, 7) is 6.92. The zero-order valence-corrected chi connectivity index (χ0v) is 13.8. The number of hydrogen-bond acceptors (Lipinski definition) is 4. The smallest absolute Gasteiger partial charge is 0.227 e. The van der Waals surface area contributed by atoms with Crippen LogP contribution < -0.4 is 14.8 Å². The fraction of sp³-hybridized carbons (Fsp3) is 0.562. The minimum atomic E-state index is 0. The topological polar surface area (TPSA) is 50.8 Å². The van der Waals surface area contributed by atoms with E-state index in [0.717, 1.165) is 30.2 Å². The number of piperazine rings is 1. The second kappa shape index (κ2) is 7.20. The highest BCUT2D eigenvalue weighted by atomic mass is 35.5. The minimum Gasteiger partial charge on any atom is -0.486 e. The Morgan fingerprint density at radius 3 is 2.50 bits per heavy atom. The number of hydrogen-bond donors (Lipinski definition) is 1. The third kappa shape index (κ3) is 3.84. The van der Waals surface area contributed by atoms with Crippen molar-refractivity contribution in [3.05, 3.63) is 23.8 Å².